The summed E-state index contributed by atoms with van der Waals surface area (Å²) in [7, 11) is 0. The van der Waals surface area contributed by atoms with E-state index in [2.05, 4.69) is 0 Å². The summed E-state index contributed by atoms with van der Waals surface area (Å²) in [6.45, 7) is 0.141. The van der Waals surface area contributed by atoms with Gasteiger partial charge in [-0.2, -0.15) is 0 Å². The summed E-state index contributed by atoms with van der Waals surface area (Å²) in [5.74, 6) is -1.00. The quantitative estimate of drug-likeness (QED) is 0.853. The van der Waals surface area contributed by atoms with Crippen molar-refractivity contribution in [1.82, 2.24) is 0 Å². The van der Waals surface area contributed by atoms with Crippen LogP contribution in [0, 0.1) is 11.6 Å². The second-order valence-corrected chi connectivity index (χ2v) is 4.74. The van der Waals surface area contributed by atoms with Gasteiger partial charge in [0.05, 0.1) is 0 Å². The van der Waals surface area contributed by atoms with Crippen LogP contribution in [-0.2, 0) is 13.0 Å². The molecule has 0 atom stereocenters. The van der Waals surface area contributed by atoms with Gasteiger partial charge in [0.1, 0.15) is 12.4 Å². The minimum absolute atomic E-state index is 0.123. The number of ketones is 1. The van der Waals surface area contributed by atoms with E-state index in [-0.39, 0.29) is 12.4 Å². The van der Waals surface area contributed by atoms with Gasteiger partial charge in [0.2, 0.25) is 0 Å². The lowest BCUT2D eigenvalue weighted by molar-refractivity contribution is 0.0994. The number of carbonyl (C=O) groups excluding carboxylic acids is 1. The van der Waals surface area contributed by atoms with Crippen LogP contribution < -0.4 is 4.74 Å². The van der Waals surface area contributed by atoms with E-state index in [1.807, 2.05) is 0 Å². The molecule has 0 fully saturated rings. The SMILES string of the molecule is O=C1CCc2c(OCc3ccc(F)c(F)c3)cccc21. The van der Waals surface area contributed by atoms with Crippen LogP contribution in [0.3, 0.4) is 0 Å². The number of ether oxygens (including phenoxy) is 1. The maximum atomic E-state index is 13.1. The first-order valence-corrected chi connectivity index (χ1v) is 6.37. The van der Waals surface area contributed by atoms with Crippen molar-refractivity contribution in [2.24, 2.45) is 0 Å². The van der Waals surface area contributed by atoms with Gasteiger partial charge in [0, 0.05) is 17.5 Å². The molecule has 0 N–H and O–H groups in total. The lowest BCUT2D eigenvalue weighted by atomic mass is 10.1. The molecular formula is C16H12F2O2. The smallest absolute Gasteiger partial charge is 0.163 e. The van der Waals surface area contributed by atoms with E-state index < -0.39 is 11.6 Å². The van der Waals surface area contributed by atoms with Crippen LogP contribution in [0.2, 0.25) is 0 Å². The van der Waals surface area contributed by atoms with Gasteiger partial charge in [-0.25, -0.2) is 8.78 Å². The zero-order chi connectivity index (χ0) is 14.1. The molecule has 2 aromatic rings. The zero-order valence-electron chi connectivity index (χ0n) is 10.7. The van der Waals surface area contributed by atoms with E-state index in [1.165, 1.54) is 6.07 Å². The first kappa shape index (κ1) is 12.8. The van der Waals surface area contributed by atoms with Gasteiger partial charge in [-0.3, -0.25) is 4.79 Å². The first-order valence-electron chi connectivity index (χ1n) is 6.37. The molecule has 0 aromatic heterocycles. The maximum Gasteiger partial charge on any atom is 0.163 e. The van der Waals surface area contributed by atoms with Crippen LogP contribution in [0.5, 0.6) is 5.75 Å². The standard InChI is InChI=1S/C16H12F2O2/c17-13-6-4-10(8-14(13)18)9-20-16-3-1-2-11-12(16)5-7-15(11)19/h1-4,6,8H,5,7,9H2. The maximum absolute atomic E-state index is 13.1. The van der Waals surface area contributed by atoms with Crippen LogP contribution >= 0.6 is 0 Å². The third-order valence-corrected chi connectivity index (χ3v) is 3.41. The highest BCUT2D eigenvalue weighted by Gasteiger charge is 2.22. The first-order chi connectivity index (χ1) is 9.65. The van der Waals surface area contributed by atoms with E-state index >= 15 is 0 Å². The third-order valence-electron chi connectivity index (χ3n) is 3.41. The third kappa shape index (κ3) is 2.29. The summed E-state index contributed by atoms with van der Waals surface area (Å²) in [6, 6.07) is 9.01. The summed E-state index contributed by atoms with van der Waals surface area (Å²) < 4.78 is 31.6. The Labute approximate surface area is 115 Å². The van der Waals surface area contributed by atoms with Crippen molar-refractivity contribution in [1.29, 1.82) is 0 Å². The number of rotatable bonds is 3. The molecule has 102 valence electrons. The fourth-order valence-corrected chi connectivity index (χ4v) is 2.38. The van der Waals surface area contributed by atoms with Gasteiger partial charge in [-0.15, -0.1) is 0 Å². The Hall–Kier alpha value is -2.23. The Morgan fingerprint density at radius 1 is 1.05 bits per heavy atom. The van der Waals surface area contributed by atoms with Crippen LogP contribution in [0.4, 0.5) is 8.78 Å². The zero-order valence-corrected chi connectivity index (χ0v) is 10.7. The molecule has 0 unspecified atom stereocenters. The predicted molar refractivity (Wildman–Crippen MR) is 69.8 cm³/mol. The molecule has 0 aliphatic heterocycles. The summed E-state index contributed by atoms with van der Waals surface area (Å²) in [4.78, 5) is 11.6. The minimum Gasteiger partial charge on any atom is -0.489 e. The number of carbonyl (C=O) groups is 1. The van der Waals surface area contributed by atoms with Crippen molar-refractivity contribution >= 4 is 5.78 Å². The molecule has 0 radical (unpaired) electrons. The number of hydrogen-bond donors (Lipinski definition) is 0. The van der Waals surface area contributed by atoms with Gasteiger partial charge < -0.3 is 4.74 Å². The van der Waals surface area contributed by atoms with Crippen LogP contribution in [0.1, 0.15) is 27.9 Å². The van der Waals surface area contributed by atoms with Gasteiger partial charge in [0.15, 0.2) is 17.4 Å². The molecule has 2 nitrogen and oxygen atoms in total. The normalized spacial score (nSPS) is 13.4. The number of hydrogen-bond acceptors (Lipinski definition) is 2. The lowest BCUT2D eigenvalue weighted by Crippen LogP contribution is -2.00. The van der Waals surface area contributed by atoms with E-state index in [0.29, 0.717) is 29.7 Å². The minimum atomic E-state index is -0.889. The van der Waals surface area contributed by atoms with Crippen LogP contribution in [0.15, 0.2) is 36.4 Å². The number of halogens is 2. The van der Waals surface area contributed by atoms with Crippen molar-refractivity contribution in [2.75, 3.05) is 0 Å². The molecule has 1 aliphatic carbocycles. The molecular weight excluding hydrogens is 262 g/mol. The average molecular weight is 274 g/mol. The Bertz CT molecular complexity index is 680. The Morgan fingerprint density at radius 3 is 2.70 bits per heavy atom. The highest BCUT2D eigenvalue weighted by atomic mass is 19.2. The molecule has 1 aliphatic rings. The molecule has 4 heteroatoms. The van der Waals surface area contributed by atoms with Crippen molar-refractivity contribution in [3.63, 3.8) is 0 Å². The van der Waals surface area contributed by atoms with Crippen molar-refractivity contribution in [2.45, 2.75) is 19.4 Å². The van der Waals surface area contributed by atoms with Crippen LogP contribution in [0.25, 0.3) is 0 Å². The fraction of sp³-hybridized carbons (Fsp3) is 0.188. The molecule has 2 aromatic carbocycles. The molecule has 0 bridgehead atoms. The molecule has 0 amide bonds. The molecule has 20 heavy (non-hydrogen) atoms. The van der Waals surface area contributed by atoms with E-state index in [0.717, 1.165) is 17.7 Å². The monoisotopic (exact) mass is 274 g/mol. The lowest BCUT2D eigenvalue weighted by Gasteiger charge is -2.10. The largest absolute Gasteiger partial charge is 0.489 e. The van der Waals surface area contributed by atoms with Crippen molar-refractivity contribution < 1.29 is 18.3 Å². The molecule has 0 saturated carbocycles. The summed E-state index contributed by atoms with van der Waals surface area (Å²) in [6.07, 6.45) is 1.17. The molecule has 0 spiro atoms. The second kappa shape index (κ2) is 5.04. The number of fused-ring (bicyclic) bond motifs is 1. The molecule has 0 heterocycles. The van der Waals surface area contributed by atoms with Crippen LogP contribution in [-0.4, -0.2) is 5.78 Å². The molecule has 3 rings (SSSR count). The Kier molecular flexibility index (Phi) is 3.22. The highest BCUT2D eigenvalue weighted by molar-refractivity contribution is 6.01. The van der Waals surface area contributed by atoms with E-state index in [4.69, 9.17) is 4.74 Å². The average Bonchev–Trinajstić information content (AvgIpc) is 2.83. The van der Waals surface area contributed by atoms with Gasteiger partial charge in [0.25, 0.3) is 0 Å². The van der Waals surface area contributed by atoms with E-state index in [1.54, 1.807) is 18.2 Å². The summed E-state index contributed by atoms with van der Waals surface area (Å²) >= 11 is 0. The van der Waals surface area contributed by atoms with Gasteiger partial charge in [-0.1, -0.05) is 18.2 Å². The topological polar surface area (TPSA) is 26.3 Å². The molecule has 0 saturated heterocycles. The summed E-state index contributed by atoms with van der Waals surface area (Å²) in [5.41, 5.74) is 2.15. The fourth-order valence-electron chi connectivity index (χ4n) is 2.38. The summed E-state index contributed by atoms with van der Waals surface area (Å²) in [5, 5.41) is 0. The predicted octanol–water partition coefficient (Wildman–Crippen LogP) is 3.67. The number of Topliss-reactive ketones (excluding diaryl/α,β-unsaturated/α-hetero) is 1. The Balaban J connectivity index is 1.79. The van der Waals surface area contributed by atoms with Gasteiger partial charge in [-0.05, 0) is 30.2 Å². The van der Waals surface area contributed by atoms with Gasteiger partial charge >= 0.3 is 0 Å². The van der Waals surface area contributed by atoms with Crippen molar-refractivity contribution in [3.8, 4) is 5.75 Å². The second-order valence-electron chi connectivity index (χ2n) is 4.74. The van der Waals surface area contributed by atoms with Crippen molar-refractivity contribution in [3.05, 3.63) is 64.7 Å². The number of benzene rings is 2. The highest BCUT2D eigenvalue weighted by Crippen LogP contribution is 2.30. The van der Waals surface area contributed by atoms with E-state index in [9.17, 15) is 13.6 Å². The Morgan fingerprint density at radius 2 is 1.90 bits per heavy atom.